The molecule has 0 spiro atoms. The van der Waals surface area contributed by atoms with E-state index in [1.807, 2.05) is 0 Å². The van der Waals surface area contributed by atoms with E-state index in [1.54, 1.807) is 0 Å². The van der Waals surface area contributed by atoms with Gasteiger partial charge in [-0.05, 0) is 15.9 Å². The van der Waals surface area contributed by atoms with E-state index < -0.39 is 0 Å². The van der Waals surface area contributed by atoms with Crippen LogP contribution in [0.2, 0.25) is 11.1 Å². The van der Waals surface area contributed by atoms with Crippen LogP contribution >= 0.6 is 22.6 Å². The lowest BCUT2D eigenvalue weighted by Crippen LogP contribution is -2.07. The monoisotopic (exact) mass is 254 g/mol. The number of halogens is 1. The van der Waals surface area contributed by atoms with Crippen molar-refractivity contribution in [3.63, 3.8) is 0 Å². The minimum Gasteiger partial charge on any atom is -0.0864 e. The molecule has 0 atom stereocenters. The maximum atomic E-state index is 2.44. The van der Waals surface area contributed by atoms with Gasteiger partial charge in [-0.25, -0.2) is 0 Å². The Labute approximate surface area is 74.8 Å². The zero-order chi connectivity index (χ0) is 7.33. The summed E-state index contributed by atoms with van der Waals surface area (Å²) in [5.41, 5.74) is 0. The Balaban J connectivity index is 3.07. The molecule has 0 aliphatic rings. The van der Waals surface area contributed by atoms with Crippen molar-refractivity contribution in [3.05, 3.63) is 0 Å². The molecule has 0 saturated heterocycles. The Bertz CT molecular complexity index is 65.8. The van der Waals surface area contributed by atoms with Gasteiger partial charge in [0.05, 0.1) is 0 Å². The van der Waals surface area contributed by atoms with Crippen molar-refractivity contribution in [1.82, 2.24) is 0 Å². The van der Waals surface area contributed by atoms with E-state index in [4.69, 9.17) is 0 Å². The summed E-state index contributed by atoms with van der Waals surface area (Å²) >= 11 is 2.44. The lowest BCUT2D eigenvalue weighted by Gasteiger charge is -2.15. The van der Waals surface area contributed by atoms with Gasteiger partial charge in [0.25, 0.3) is 0 Å². The third-order valence-electron chi connectivity index (χ3n) is 0.966. The van der Waals surface area contributed by atoms with E-state index in [-0.39, 0.29) is 0 Å². The van der Waals surface area contributed by atoms with Gasteiger partial charge in [-0.2, -0.15) is 0 Å². The van der Waals surface area contributed by atoms with Gasteiger partial charge in [0, 0.05) is 9.52 Å². The van der Waals surface area contributed by atoms with Gasteiger partial charge in [0.2, 0.25) is 0 Å². The molecule has 0 nitrogen and oxygen atoms in total. The topological polar surface area (TPSA) is 0 Å². The molecule has 0 N–H and O–H groups in total. The lowest BCUT2D eigenvalue weighted by molar-refractivity contribution is 0.746. The van der Waals surface area contributed by atoms with Crippen LogP contribution in [-0.4, -0.2) is 13.9 Å². The fourth-order valence-corrected chi connectivity index (χ4v) is 2.73. The smallest absolute Gasteiger partial charge is 0.0445 e. The number of rotatable bonds is 3. The highest BCUT2D eigenvalue weighted by molar-refractivity contribution is 14.1. The molecule has 0 saturated carbocycles. The normalized spacial score (nSPS) is 12.0. The Kier molecular flexibility index (Phi) is 5.21. The van der Waals surface area contributed by atoms with Crippen molar-refractivity contribution in [3.8, 4) is 0 Å². The van der Waals surface area contributed by atoms with E-state index >= 15 is 0 Å². The van der Waals surface area contributed by atoms with Crippen LogP contribution in [0.4, 0.5) is 0 Å². The molecule has 54 valence electrons. The summed E-state index contributed by atoms with van der Waals surface area (Å²) in [5, 5.41) is 0.575. The zero-order valence-corrected chi connectivity index (χ0v) is 9.66. The molecule has 0 aromatic heterocycles. The Morgan fingerprint density at radius 3 is 2.22 bits per heavy atom. The standard InChI is InChI=1S/C7H15ISi/c1-7(2,3)9-6-4-5-8/h4-6H2,1-3H3. The molecule has 0 fully saturated rings. The first-order valence-corrected chi connectivity index (χ1v) is 6.10. The van der Waals surface area contributed by atoms with Crippen LogP contribution in [0, 0.1) is 0 Å². The Hall–Kier alpha value is 0.947. The second kappa shape index (κ2) is 4.72. The Morgan fingerprint density at radius 1 is 1.33 bits per heavy atom. The maximum absolute atomic E-state index is 2.44. The first-order chi connectivity index (χ1) is 4.06. The van der Waals surface area contributed by atoms with E-state index in [9.17, 15) is 0 Å². The summed E-state index contributed by atoms with van der Waals surface area (Å²) in [6, 6.07) is 1.42. The number of alkyl halides is 1. The van der Waals surface area contributed by atoms with Crippen molar-refractivity contribution in [2.75, 3.05) is 4.43 Å². The molecule has 2 radical (unpaired) electrons. The summed E-state index contributed by atoms with van der Waals surface area (Å²) in [6.07, 6.45) is 1.40. The molecular formula is C7H15ISi. The van der Waals surface area contributed by atoms with E-state index in [0.29, 0.717) is 5.04 Å². The molecule has 0 aliphatic carbocycles. The molecule has 0 aliphatic heterocycles. The third-order valence-corrected chi connectivity index (χ3v) is 3.39. The van der Waals surface area contributed by atoms with Gasteiger partial charge in [0.1, 0.15) is 0 Å². The number of hydrogen-bond acceptors (Lipinski definition) is 0. The van der Waals surface area contributed by atoms with E-state index in [1.165, 1.54) is 16.9 Å². The first kappa shape index (κ1) is 9.95. The molecule has 0 rings (SSSR count). The predicted octanol–water partition coefficient (Wildman–Crippen LogP) is 3.15. The van der Waals surface area contributed by atoms with Crippen LogP contribution in [0.15, 0.2) is 0 Å². The van der Waals surface area contributed by atoms with Crippen LogP contribution in [0.1, 0.15) is 27.2 Å². The molecular weight excluding hydrogens is 239 g/mol. The highest BCUT2D eigenvalue weighted by Crippen LogP contribution is 2.22. The van der Waals surface area contributed by atoms with Crippen molar-refractivity contribution >= 4 is 32.1 Å². The maximum Gasteiger partial charge on any atom is 0.0445 e. The number of hydrogen-bond donors (Lipinski definition) is 0. The molecule has 9 heavy (non-hydrogen) atoms. The van der Waals surface area contributed by atoms with Gasteiger partial charge >= 0.3 is 0 Å². The summed E-state index contributed by atoms with van der Waals surface area (Å²) in [5.74, 6) is 0. The van der Waals surface area contributed by atoms with Crippen molar-refractivity contribution in [1.29, 1.82) is 0 Å². The summed E-state index contributed by atoms with van der Waals surface area (Å²) in [6.45, 7) is 6.95. The SMILES string of the molecule is CC(C)(C)[Si]CCCI. The van der Waals surface area contributed by atoms with Gasteiger partial charge in [-0.1, -0.05) is 49.4 Å². The second-order valence-corrected chi connectivity index (χ2v) is 6.65. The van der Waals surface area contributed by atoms with Crippen LogP contribution < -0.4 is 0 Å². The summed E-state index contributed by atoms with van der Waals surface area (Å²) in [7, 11) is 1.14. The van der Waals surface area contributed by atoms with Gasteiger partial charge in [-0.3, -0.25) is 0 Å². The third kappa shape index (κ3) is 8.95. The van der Waals surface area contributed by atoms with Crippen LogP contribution in [-0.2, 0) is 0 Å². The van der Waals surface area contributed by atoms with E-state index in [2.05, 4.69) is 43.4 Å². The molecule has 0 aromatic rings. The van der Waals surface area contributed by atoms with Crippen molar-refractivity contribution < 1.29 is 0 Å². The summed E-state index contributed by atoms with van der Waals surface area (Å²) in [4.78, 5) is 0. The minimum absolute atomic E-state index is 0.575. The average molecular weight is 254 g/mol. The van der Waals surface area contributed by atoms with Gasteiger partial charge in [-0.15, -0.1) is 0 Å². The minimum atomic E-state index is 0.575. The van der Waals surface area contributed by atoms with Gasteiger partial charge < -0.3 is 0 Å². The highest BCUT2D eigenvalue weighted by Gasteiger charge is 2.09. The first-order valence-electron chi connectivity index (χ1n) is 3.37. The summed E-state index contributed by atoms with van der Waals surface area (Å²) < 4.78 is 1.32. The predicted molar refractivity (Wildman–Crippen MR) is 53.8 cm³/mol. The molecule has 0 amide bonds. The lowest BCUT2D eigenvalue weighted by atomic mass is 10.2. The van der Waals surface area contributed by atoms with Crippen molar-refractivity contribution in [2.24, 2.45) is 0 Å². The second-order valence-electron chi connectivity index (χ2n) is 3.22. The van der Waals surface area contributed by atoms with Crippen LogP contribution in [0.25, 0.3) is 0 Å². The molecule has 0 aromatic carbocycles. The molecule has 0 bridgehead atoms. The fraction of sp³-hybridized carbons (Fsp3) is 1.00. The fourth-order valence-electron chi connectivity index (χ4n) is 0.530. The highest BCUT2D eigenvalue weighted by atomic mass is 127. The Morgan fingerprint density at radius 2 is 1.89 bits per heavy atom. The quantitative estimate of drug-likeness (QED) is 0.314. The van der Waals surface area contributed by atoms with Crippen LogP contribution in [0.5, 0.6) is 0 Å². The van der Waals surface area contributed by atoms with Gasteiger partial charge in [0.15, 0.2) is 0 Å². The van der Waals surface area contributed by atoms with Crippen LogP contribution in [0.3, 0.4) is 0 Å². The van der Waals surface area contributed by atoms with E-state index in [0.717, 1.165) is 9.52 Å². The zero-order valence-electron chi connectivity index (χ0n) is 6.50. The largest absolute Gasteiger partial charge is 0.0864 e. The molecule has 0 heterocycles. The van der Waals surface area contributed by atoms with Crippen molar-refractivity contribution in [2.45, 2.75) is 38.3 Å². The molecule has 0 unspecified atom stereocenters. The molecule has 2 heteroatoms. The average Bonchev–Trinajstić information content (AvgIpc) is 1.63.